The second-order valence-corrected chi connectivity index (χ2v) is 9.87. The molecular formula is C22H13Cl3F4N4O3S. The highest BCUT2D eigenvalue weighted by molar-refractivity contribution is 8.15. The van der Waals surface area contributed by atoms with Gasteiger partial charge in [0, 0.05) is 13.1 Å². The van der Waals surface area contributed by atoms with Gasteiger partial charge in [-0.15, -0.1) is 0 Å². The fourth-order valence-electron chi connectivity index (χ4n) is 3.46. The number of carbonyl (C=O) groups is 1. The lowest BCUT2D eigenvalue weighted by Crippen LogP contribution is -2.41. The van der Waals surface area contributed by atoms with Crippen LogP contribution in [0.2, 0.25) is 15.1 Å². The number of benzene rings is 2. The number of amides is 1. The molecule has 0 unspecified atom stereocenters. The fraction of sp³-hybridized carbons (Fsp3) is 0.182. The molecule has 0 bridgehead atoms. The van der Waals surface area contributed by atoms with Crippen molar-refractivity contribution in [2.75, 3.05) is 5.75 Å². The topological polar surface area (TPSA) is 76.7 Å². The van der Waals surface area contributed by atoms with Crippen molar-refractivity contribution in [3.8, 4) is 5.69 Å². The van der Waals surface area contributed by atoms with Crippen LogP contribution in [0.15, 0.2) is 51.0 Å². The highest BCUT2D eigenvalue weighted by atomic mass is 35.5. The van der Waals surface area contributed by atoms with Crippen molar-refractivity contribution in [3.05, 3.63) is 89.4 Å². The molecule has 0 aliphatic carbocycles. The van der Waals surface area contributed by atoms with Crippen LogP contribution in [0.25, 0.3) is 5.69 Å². The van der Waals surface area contributed by atoms with E-state index in [2.05, 4.69) is 4.99 Å². The highest BCUT2D eigenvalue weighted by Gasteiger charge is 2.35. The van der Waals surface area contributed by atoms with Crippen LogP contribution in [0.3, 0.4) is 0 Å². The number of aliphatic imine (C=N–C) groups is 1. The van der Waals surface area contributed by atoms with E-state index in [0.717, 1.165) is 30.9 Å². The Morgan fingerprint density at radius 1 is 1.00 bits per heavy atom. The summed E-state index contributed by atoms with van der Waals surface area (Å²) in [7, 11) is 0.803. The van der Waals surface area contributed by atoms with Crippen LogP contribution >= 0.6 is 46.6 Å². The van der Waals surface area contributed by atoms with E-state index < -0.39 is 34.6 Å². The second kappa shape index (κ2) is 10.2. The zero-order valence-corrected chi connectivity index (χ0v) is 21.5. The van der Waals surface area contributed by atoms with Crippen molar-refractivity contribution in [1.82, 2.24) is 14.0 Å². The summed E-state index contributed by atoms with van der Waals surface area (Å²) >= 11 is 19.2. The minimum absolute atomic E-state index is 0.0464. The molecule has 0 radical (unpaired) electrons. The highest BCUT2D eigenvalue weighted by Crippen LogP contribution is 2.33. The molecule has 1 aliphatic rings. The maximum Gasteiger partial charge on any atom is 0.431 e. The molecule has 3 aromatic rings. The van der Waals surface area contributed by atoms with Crippen molar-refractivity contribution < 1.29 is 22.4 Å². The van der Waals surface area contributed by atoms with Gasteiger partial charge in [0.15, 0.2) is 5.17 Å². The molecule has 4 rings (SSSR count). The zero-order chi connectivity index (χ0) is 27.2. The van der Waals surface area contributed by atoms with E-state index in [1.165, 1.54) is 4.90 Å². The monoisotopic (exact) mass is 594 g/mol. The minimum Gasteiger partial charge on any atom is -0.292 e. The third-order valence-electron chi connectivity index (χ3n) is 5.27. The summed E-state index contributed by atoms with van der Waals surface area (Å²) in [6.45, 7) is 0.0755. The van der Waals surface area contributed by atoms with Gasteiger partial charge in [-0.05, 0) is 29.8 Å². The number of halogens is 7. The first-order valence-electron chi connectivity index (χ1n) is 10.1. The molecule has 37 heavy (non-hydrogen) atoms. The number of hydrogen-bond acceptors (Lipinski definition) is 5. The van der Waals surface area contributed by atoms with Crippen molar-refractivity contribution in [1.29, 1.82) is 0 Å². The Bertz CT molecular complexity index is 1590. The number of aromatic nitrogens is 2. The summed E-state index contributed by atoms with van der Waals surface area (Å²) in [4.78, 5) is 43.2. The van der Waals surface area contributed by atoms with Crippen LogP contribution in [-0.4, -0.2) is 30.9 Å². The maximum atomic E-state index is 14.8. The minimum atomic E-state index is -4.98. The van der Waals surface area contributed by atoms with E-state index in [0.29, 0.717) is 10.6 Å². The van der Waals surface area contributed by atoms with E-state index in [4.69, 9.17) is 34.8 Å². The zero-order valence-electron chi connectivity index (χ0n) is 18.4. The van der Waals surface area contributed by atoms with Gasteiger partial charge in [0.25, 0.3) is 5.56 Å². The molecular weight excluding hydrogens is 583 g/mol. The lowest BCUT2D eigenvalue weighted by molar-refractivity contribution is -0.144. The van der Waals surface area contributed by atoms with Crippen molar-refractivity contribution in [2.24, 2.45) is 12.0 Å². The Kier molecular flexibility index (Phi) is 7.48. The van der Waals surface area contributed by atoms with E-state index in [1.807, 2.05) is 0 Å². The van der Waals surface area contributed by atoms with Gasteiger partial charge in [0.05, 0.1) is 38.7 Å². The molecule has 0 saturated carbocycles. The quantitative estimate of drug-likeness (QED) is 0.378. The van der Waals surface area contributed by atoms with Gasteiger partial charge in [-0.3, -0.25) is 19.1 Å². The first-order chi connectivity index (χ1) is 17.3. The van der Waals surface area contributed by atoms with E-state index >= 15 is 0 Å². The number of hydrogen-bond donors (Lipinski definition) is 0. The Morgan fingerprint density at radius 2 is 1.70 bits per heavy atom. The molecule has 0 spiro atoms. The Hall–Kier alpha value is -2.80. The molecule has 1 fully saturated rings. The third kappa shape index (κ3) is 5.42. The second-order valence-electron chi connectivity index (χ2n) is 7.71. The summed E-state index contributed by atoms with van der Waals surface area (Å²) in [5.74, 6) is -1.39. The summed E-state index contributed by atoms with van der Waals surface area (Å²) in [6, 6.07) is 6.71. The standard InChI is InChI=1S/C22H13Cl3F4N4O3S/c1-31-17(22(27,28)29)7-18(34)33(21(31)36)16-6-15(13(25)5-14(16)26)30-20-32(19(35)9-37-20)8-10-2-3-11(23)12(24)4-10/h2-7H,8-9H2,1H3. The van der Waals surface area contributed by atoms with Crippen molar-refractivity contribution >= 4 is 63.3 Å². The van der Waals surface area contributed by atoms with Gasteiger partial charge in [0.2, 0.25) is 5.91 Å². The number of alkyl halides is 3. The van der Waals surface area contributed by atoms with E-state index in [1.54, 1.807) is 18.2 Å². The van der Waals surface area contributed by atoms with Gasteiger partial charge in [-0.25, -0.2) is 18.7 Å². The molecule has 2 aromatic carbocycles. The molecule has 194 valence electrons. The predicted molar refractivity (Wildman–Crippen MR) is 134 cm³/mol. The molecule has 1 amide bonds. The lowest BCUT2D eigenvalue weighted by Gasteiger charge is -2.17. The number of rotatable bonds is 4. The number of carbonyl (C=O) groups excluding carboxylic acids is 1. The maximum absolute atomic E-state index is 14.8. The van der Waals surface area contributed by atoms with Crippen LogP contribution in [0.1, 0.15) is 11.3 Å². The number of amidine groups is 1. The molecule has 1 aromatic heterocycles. The number of thioether (sulfide) groups is 1. The molecule has 0 atom stereocenters. The van der Waals surface area contributed by atoms with E-state index in [-0.39, 0.29) is 54.3 Å². The first-order valence-corrected chi connectivity index (χ1v) is 12.3. The Morgan fingerprint density at radius 3 is 2.35 bits per heavy atom. The normalized spacial score (nSPS) is 15.2. The smallest absolute Gasteiger partial charge is 0.292 e. The van der Waals surface area contributed by atoms with Gasteiger partial charge in [-0.2, -0.15) is 13.2 Å². The van der Waals surface area contributed by atoms with Crippen molar-refractivity contribution in [2.45, 2.75) is 12.7 Å². The summed E-state index contributed by atoms with van der Waals surface area (Å²) < 4.78 is 54.7. The number of nitrogens with zero attached hydrogens (tertiary/aromatic N) is 4. The largest absolute Gasteiger partial charge is 0.431 e. The SMILES string of the molecule is Cn1c(C(F)(F)F)cc(=O)n(-c2cc(N=C3SCC(=O)N3Cc3ccc(Cl)c(Cl)c3)c(Cl)cc2F)c1=O. The summed E-state index contributed by atoms with van der Waals surface area (Å²) in [6.07, 6.45) is -4.98. The van der Waals surface area contributed by atoms with Gasteiger partial charge in [-0.1, -0.05) is 52.6 Å². The molecule has 7 nitrogen and oxygen atoms in total. The summed E-state index contributed by atoms with van der Waals surface area (Å²) in [5.41, 5.74) is -4.46. The van der Waals surface area contributed by atoms with Gasteiger partial charge >= 0.3 is 11.9 Å². The Labute approximate surface area is 224 Å². The molecule has 1 saturated heterocycles. The van der Waals surface area contributed by atoms with Crippen LogP contribution in [0, 0.1) is 5.82 Å². The molecule has 0 N–H and O–H groups in total. The Balaban J connectivity index is 1.79. The molecule has 2 heterocycles. The average molecular weight is 596 g/mol. The van der Waals surface area contributed by atoms with Gasteiger partial charge in [0.1, 0.15) is 11.5 Å². The van der Waals surface area contributed by atoms with E-state index in [9.17, 15) is 31.9 Å². The van der Waals surface area contributed by atoms with Crippen LogP contribution in [-0.2, 0) is 24.6 Å². The van der Waals surface area contributed by atoms with Crippen molar-refractivity contribution in [3.63, 3.8) is 0 Å². The van der Waals surface area contributed by atoms with Crippen LogP contribution in [0.5, 0.6) is 0 Å². The van der Waals surface area contributed by atoms with Crippen LogP contribution in [0.4, 0.5) is 23.2 Å². The third-order valence-corrected chi connectivity index (χ3v) is 7.27. The lowest BCUT2D eigenvalue weighted by atomic mass is 10.2. The fourth-order valence-corrected chi connectivity index (χ4v) is 4.87. The predicted octanol–water partition coefficient (Wildman–Crippen LogP) is 5.42. The average Bonchev–Trinajstić information content (AvgIpc) is 3.14. The van der Waals surface area contributed by atoms with Gasteiger partial charge < -0.3 is 0 Å². The molecule has 15 heteroatoms. The van der Waals surface area contributed by atoms with Crippen LogP contribution < -0.4 is 11.2 Å². The molecule has 1 aliphatic heterocycles. The first kappa shape index (κ1) is 27.2. The summed E-state index contributed by atoms with van der Waals surface area (Å²) in [5, 5.41) is 0.576.